The predicted octanol–water partition coefficient (Wildman–Crippen LogP) is 3.92. The van der Waals surface area contributed by atoms with Gasteiger partial charge in [0.15, 0.2) is 0 Å². The number of benzene rings is 2. The summed E-state index contributed by atoms with van der Waals surface area (Å²) in [6.07, 6.45) is 2.38. The van der Waals surface area contributed by atoms with Crippen LogP contribution < -0.4 is 5.73 Å². The Morgan fingerprint density at radius 1 is 1.14 bits per heavy atom. The number of nitrogens with zero attached hydrogens (tertiary/aromatic N) is 1. The van der Waals surface area contributed by atoms with Gasteiger partial charge in [-0.15, -0.1) is 0 Å². The first kappa shape index (κ1) is 13.7. The number of halogens is 1. The Kier molecular flexibility index (Phi) is 3.67. The molecule has 1 heterocycles. The van der Waals surface area contributed by atoms with Gasteiger partial charge in [0, 0.05) is 17.6 Å². The third-order valence-corrected chi connectivity index (χ3v) is 3.83. The van der Waals surface area contributed by atoms with Gasteiger partial charge in [0.25, 0.3) is 0 Å². The molecule has 0 spiro atoms. The summed E-state index contributed by atoms with van der Waals surface area (Å²) < 4.78 is 13.4. The van der Waals surface area contributed by atoms with Crippen LogP contribution >= 0.6 is 0 Å². The summed E-state index contributed by atoms with van der Waals surface area (Å²) in [7, 11) is 0. The molecule has 0 radical (unpaired) electrons. The lowest BCUT2D eigenvalue weighted by Crippen LogP contribution is -2.14. The maximum absolute atomic E-state index is 13.4. The quantitative estimate of drug-likeness (QED) is 0.789. The van der Waals surface area contributed by atoms with E-state index in [9.17, 15) is 4.39 Å². The fraction of sp³-hybridized carbons (Fsp3) is 0.167. The molecule has 0 bridgehead atoms. The van der Waals surface area contributed by atoms with Crippen molar-refractivity contribution in [2.75, 3.05) is 0 Å². The Morgan fingerprint density at radius 2 is 1.95 bits per heavy atom. The van der Waals surface area contributed by atoms with Crippen LogP contribution in [0.4, 0.5) is 4.39 Å². The minimum atomic E-state index is -0.220. The van der Waals surface area contributed by atoms with E-state index in [-0.39, 0.29) is 11.9 Å². The van der Waals surface area contributed by atoms with E-state index in [4.69, 9.17) is 5.73 Å². The molecule has 2 aromatic carbocycles. The van der Waals surface area contributed by atoms with E-state index < -0.39 is 0 Å². The lowest BCUT2D eigenvalue weighted by molar-refractivity contribution is 0.621. The van der Waals surface area contributed by atoms with Gasteiger partial charge in [-0.1, -0.05) is 24.3 Å². The van der Waals surface area contributed by atoms with Gasteiger partial charge in [-0.2, -0.15) is 0 Å². The molecule has 3 rings (SSSR count). The van der Waals surface area contributed by atoms with Crippen molar-refractivity contribution in [3.8, 4) is 0 Å². The van der Waals surface area contributed by atoms with Crippen molar-refractivity contribution >= 4 is 10.9 Å². The van der Waals surface area contributed by atoms with Crippen molar-refractivity contribution in [2.24, 2.45) is 5.73 Å². The Balaban J connectivity index is 1.97. The summed E-state index contributed by atoms with van der Waals surface area (Å²) in [6, 6.07) is 14.5. The van der Waals surface area contributed by atoms with Crippen molar-refractivity contribution in [3.63, 3.8) is 0 Å². The van der Waals surface area contributed by atoms with Gasteiger partial charge in [-0.05, 0) is 54.3 Å². The lowest BCUT2D eigenvalue weighted by Gasteiger charge is -2.16. The summed E-state index contributed by atoms with van der Waals surface area (Å²) >= 11 is 0. The highest BCUT2D eigenvalue weighted by atomic mass is 19.1. The standard InChI is InChI=1S/C18H17FN2/c1-12-6-7-14(19)10-13(12)11-17(20)15-8-9-21-18-5-3-2-4-16(15)18/h2-10,17H,11,20H2,1H3. The molecular formula is C18H17FN2. The summed E-state index contributed by atoms with van der Waals surface area (Å²) in [5.41, 5.74) is 10.3. The molecule has 3 aromatic rings. The number of aryl methyl sites for hydroxylation is 1. The van der Waals surface area contributed by atoms with Crippen molar-refractivity contribution in [1.82, 2.24) is 4.98 Å². The zero-order chi connectivity index (χ0) is 14.8. The fourth-order valence-corrected chi connectivity index (χ4v) is 2.65. The monoisotopic (exact) mass is 280 g/mol. The van der Waals surface area contributed by atoms with Crippen molar-refractivity contribution in [1.29, 1.82) is 0 Å². The molecule has 1 aromatic heterocycles. The summed E-state index contributed by atoms with van der Waals surface area (Å²) in [5.74, 6) is -0.220. The van der Waals surface area contributed by atoms with E-state index >= 15 is 0 Å². The predicted molar refractivity (Wildman–Crippen MR) is 83.5 cm³/mol. The number of fused-ring (bicyclic) bond motifs is 1. The van der Waals surface area contributed by atoms with Crippen LogP contribution in [0.5, 0.6) is 0 Å². The maximum atomic E-state index is 13.4. The van der Waals surface area contributed by atoms with E-state index in [0.717, 1.165) is 27.6 Å². The molecule has 0 aliphatic carbocycles. The molecule has 3 heteroatoms. The molecule has 0 saturated heterocycles. The number of hydrogen-bond donors (Lipinski definition) is 1. The second-order valence-corrected chi connectivity index (χ2v) is 5.30. The van der Waals surface area contributed by atoms with E-state index in [1.807, 2.05) is 37.3 Å². The Bertz CT molecular complexity index is 778. The Hall–Kier alpha value is -2.26. The van der Waals surface area contributed by atoms with Gasteiger partial charge in [-0.25, -0.2) is 4.39 Å². The number of para-hydroxylation sites is 1. The SMILES string of the molecule is Cc1ccc(F)cc1CC(N)c1ccnc2ccccc12. The first-order valence-corrected chi connectivity index (χ1v) is 6.99. The average Bonchev–Trinajstić information content (AvgIpc) is 2.50. The van der Waals surface area contributed by atoms with E-state index in [1.165, 1.54) is 6.07 Å². The van der Waals surface area contributed by atoms with Gasteiger partial charge < -0.3 is 5.73 Å². The van der Waals surface area contributed by atoms with Crippen LogP contribution in [-0.4, -0.2) is 4.98 Å². The molecule has 0 fully saturated rings. The van der Waals surface area contributed by atoms with Crippen LogP contribution in [0.3, 0.4) is 0 Å². The fourth-order valence-electron chi connectivity index (χ4n) is 2.65. The van der Waals surface area contributed by atoms with Crippen LogP contribution in [0, 0.1) is 12.7 Å². The highest BCUT2D eigenvalue weighted by Crippen LogP contribution is 2.25. The normalized spacial score (nSPS) is 12.5. The van der Waals surface area contributed by atoms with Gasteiger partial charge in [0.2, 0.25) is 0 Å². The minimum Gasteiger partial charge on any atom is -0.324 e. The number of aromatic nitrogens is 1. The number of nitrogens with two attached hydrogens (primary N) is 1. The molecule has 1 unspecified atom stereocenters. The molecule has 106 valence electrons. The number of hydrogen-bond acceptors (Lipinski definition) is 2. The second kappa shape index (κ2) is 5.62. The highest BCUT2D eigenvalue weighted by molar-refractivity contribution is 5.82. The van der Waals surface area contributed by atoms with Crippen molar-refractivity contribution in [2.45, 2.75) is 19.4 Å². The molecule has 21 heavy (non-hydrogen) atoms. The highest BCUT2D eigenvalue weighted by Gasteiger charge is 2.12. The van der Waals surface area contributed by atoms with Crippen molar-refractivity contribution < 1.29 is 4.39 Å². The maximum Gasteiger partial charge on any atom is 0.123 e. The van der Waals surface area contributed by atoms with E-state index in [2.05, 4.69) is 4.98 Å². The first-order chi connectivity index (χ1) is 10.1. The summed E-state index contributed by atoms with van der Waals surface area (Å²) in [4.78, 5) is 4.35. The summed E-state index contributed by atoms with van der Waals surface area (Å²) in [6.45, 7) is 1.98. The van der Waals surface area contributed by atoms with Crippen LogP contribution in [0.1, 0.15) is 22.7 Å². The molecule has 2 nitrogen and oxygen atoms in total. The number of pyridine rings is 1. The third kappa shape index (κ3) is 2.78. The summed E-state index contributed by atoms with van der Waals surface area (Å²) in [5, 5.41) is 1.06. The van der Waals surface area contributed by atoms with Crippen LogP contribution in [0.15, 0.2) is 54.7 Å². The van der Waals surface area contributed by atoms with Crippen LogP contribution in [0.25, 0.3) is 10.9 Å². The van der Waals surface area contributed by atoms with Gasteiger partial charge >= 0.3 is 0 Å². The first-order valence-electron chi connectivity index (χ1n) is 6.99. The van der Waals surface area contributed by atoms with Crippen LogP contribution in [0.2, 0.25) is 0 Å². The van der Waals surface area contributed by atoms with Gasteiger partial charge in [0.1, 0.15) is 5.82 Å². The Labute approximate surface area is 123 Å². The smallest absolute Gasteiger partial charge is 0.123 e. The molecule has 2 N–H and O–H groups in total. The lowest BCUT2D eigenvalue weighted by atomic mass is 9.94. The average molecular weight is 280 g/mol. The molecule has 0 aliphatic heterocycles. The zero-order valence-electron chi connectivity index (χ0n) is 11.9. The molecule has 0 aliphatic rings. The van der Waals surface area contributed by atoms with E-state index in [0.29, 0.717) is 6.42 Å². The minimum absolute atomic E-state index is 0.182. The zero-order valence-corrected chi connectivity index (χ0v) is 11.9. The van der Waals surface area contributed by atoms with Crippen LogP contribution in [-0.2, 0) is 6.42 Å². The van der Waals surface area contributed by atoms with Gasteiger partial charge in [-0.3, -0.25) is 4.98 Å². The number of rotatable bonds is 3. The molecule has 1 atom stereocenters. The van der Waals surface area contributed by atoms with E-state index in [1.54, 1.807) is 18.3 Å². The molecular weight excluding hydrogens is 263 g/mol. The topological polar surface area (TPSA) is 38.9 Å². The van der Waals surface area contributed by atoms with Gasteiger partial charge in [0.05, 0.1) is 5.52 Å². The second-order valence-electron chi connectivity index (χ2n) is 5.30. The van der Waals surface area contributed by atoms with Crippen molar-refractivity contribution in [3.05, 3.63) is 77.2 Å². The Morgan fingerprint density at radius 3 is 2.81 bits per heavy atom. The third-order valence-electron chi connectivity index (χ3n) is 3.83. The largest absolute Gasteiger partial charge is 0.324 e. The molecule has 0 amide bonds. The molecule has 0 saturated carbocycles.